The first-order valence-corrected chi connectivity index (χ1v) is 5.73. The highest BCUT2D eigenvalue weighted by atomic mass is 19.4. The zero-order valence-electron chi connectivity index (χ0n) is 10.7. The molecule has 21 heavy (non-hydrogen) atoms. The monoisotopic (exact) mass is 303 g/mol. The van der Waals surface area contributed by atoms with Gasteiger partial charge in [0, 0.05) is 6.08 Å². The summed E-state index contributed by atoms with van der Waals surface area (Å²) in [5.74, 6) is -1.69. The lowest BCUT2D eigenvalue weighted by Gasteiger charge is -2.09. The molecule has 8 heteroatoms. The van der Waals surface area contributed by atoms with Gasteiger partial charge in [-0.3, -0.25) is 4.79 Å². The molecule has 0 unspecified atom stereocenters. The highest BCUT2D eigenvalue weighted by Gasteiger charge is 2.27. The fourth-order valence-corrected chi connectivity index (χ4v) is 1.24. The molecule has 2 N–H and O–H groups in total. The van der Waals surface area contributed by atoms with Crippen LogP contribution >= 0.6 is 0 Å². The van der Waals surface area contributed by atoms with E-state index in [-0.39, 0.29) is 5.75 Å². The maximum absolute atomic E-state index is 11.8. The molecule has 0 radical (unpaired) electrons. The van der Waals surface area contributed by atoms with Crippen molar-refractivity contribution in [3.63, 3.8) is 0 Å². The third kappa shape index (κ3) is 7.61. The van der Waals surface area contributed by atoms with Crippen molar-refractivity contribution in [1.82, 2.24) is 5.32 Å². The average Bonchev–Trinajstić information content (AvgIpc) is 2.41. The van der Waals surface area contributed by atoms with E-state index in [0.29, 0.717) is 5.56 Å². The van der Waals surface area contributed by atoms with Gasteiger partial charge < -0.3 is 15.2 Å². The van der Waals surface area contributed by atoms with E-state index in [1.165, 1.54) is 18.2 Å². The molecule has 0 aliphatic rings. The topological polar surface area (TPSA) is 75.6 Å². The summed E-state index contributed by atoms with van der Waals surface area (Å²) in [6.07, 6.45) is -2.14. The number of carbonyl (C=O) groups excluding carboxylic acids is 1. The molecule has 0 aromatic heterocycles. The van der Waals surface area contributed by atoms with E-state index in [4.69, 9.17) is 9.84 Å². The van der Waals surface area contributed by atoms with Gasteiger partial charge in [-0.05, 0) is 23.8 Å². The number of rotatable bonds is 6. The van der Waals surface area contributed by atoms with Gasteiger partial charge >= 0.3 is 12.1 Å². The molecule has 1 aromatic carbocycles. The molecule has 0 fully saturated rings. The lowest BCUT2D eigenvalue weighted by Crippen LogP contribution is -2.36. The largest absolute Gasteiger partial charge is 0.484 e. The van der Waals surface area contributed by atoms with Crippen LogP contribution in [0.3, 0.4) is 0 Å². The third-order valence-electron chi connectivity index (χ3n) is 2.15. The minimum atomic E-state index is -4.46. The Labute approximate surface area is 118 Å². The van der Waals surface area contributed by atoms with Gasteiger partial charge in [-0.25, -0.2) is 4.79 Å². The first-order chi connectivity index (χ1) is 9.76. The maximum Gasteiger partial charge on any atom is 0.405 e. The van der Waals surface area contributed by atoms with Crippen LogP contribution in [0, 0.1) is 0 Å². The fraction of sp³-hybridized carbons (Fsp3) is 0.231. The molecule has 1 rings (SSSR count). The van der Waals surface area contributed by atoms with Crippen LogP contribution < -0.4 is 10.1 Å². The number of carboxylic acids is 1. The van der Waals surface area contributed by atoms with Gasteiger partial charge in [0.15, 0.2) is 6.61 Å². The van der Waals surface area contributed by atoms with Crippen molar-refractivity contribution >= 4 is 18.0 Å². The lowest BCUT2D eigenvalue weighted by atomic mass is 10.2. The number of amides is 1. The summed E-state index contributed by atoms with van der Waals surface area (Å²) in [6, 6.07) is 6.03. The molecule has 5 nitrogen and oxygen atoms in total. The number of carboxylic acid groups (broad SMARTS) is 1. The van der Waals surface area contributed by atoms with Crippen LogP contribution in [-0.4, -0.2) is 36.3 Å². The van der Waals surface area contributed by atoms with Crippen LogP contribution in [0.4, 0.5) is 13.2 Å². The number of carbonyl (C=O) groups is 2. The van der Waals surface area contributed by atoms with E-state index in [2.05, 4.69) is 0 Å². The van der Waals surface area contributed by atoms with Crippen LogP contribution in [0.2, 0.25) is 0 Å². The molecular weight excluding hydrogens is 291 g/mol. The molecule has 0 saturated heterocycles. The summed E-state index contributed by atoms with van der Waals surface area (Å²) in [5.41, 5.74) is 0.603. The zero-order chi connectivity index (χ0) is 15.9. The summed E-state index contributed by atoms with van der Waals surface area (Å²) in [4.78, 5) is 21.4. The van der Waals surface area contributed by atoms with Gasteiger partial charge in [-0.15, -0.1) is 0 Å². The van der Waals surface area contributed by atoms with Crippen molar-refractivity contribution in [1.29, 1.82) is 0 Å². The Bertz CT molecular complexity index is 523. The van der Waals surface area contributed by atoms with E-state index >= 15 is 0 Å². The molecule has 0 spiro atoms. The van der Waals surface area contributed by atoms with Gasteiger partial charge in [0.2, 0.25) is 0 Å². The predicted molar refractivity (Wildman–Crippen MR) is 67.7 cm³/mol. The van der Waals surface area contributed by atoms with Crippen LogP contribution in [-0.2, 0) is 9.59 Å². The summed E-state index contributed by atoms with van der Waals surface area (Å²) >= 11 is 0. The maximum atomic E-state index is 11.8. The normalized spacial score (nSPS) is 11.4. The van der Waals surface area contributed by atoms with Gasteiger partial charge in [-0.1, -0.05) is 12.1 Å². The number of alkyl halides is 3. The van der Waals surface area contributed by atoms with E-state index in [0.717, 1.165) is 6.08 Å². The second-order valence-corrected chi connectivity index (χ2v) is 3.92. The summed E-state index contributed by atoms with van der Waals surface area (Å²) in [5, 5.41) is 10.1. The minimum absolute atomic E-state index is 0.282. The minimum Gasteiger partial charge on any atom is -0.484 e. The smallest absolute Gasteiger partial charge is 0.405 e. The summed E-state index contributed by atoms with van der Waals surface area (Å²) in [6.45, 7) is -1.95. The van der Waals surface area contributed by atoms with Gasteiger partial charge in [-0.2, -0.15) is 13.2 Å². The van der Waals surface area contributed by atoms with Crippen LogP contribution in [0.15, 0.2) is 30.3 Å². The number of halogens is 3. The number of aliphatic carboxylic acids is 1. The molecule has 0 atom stereocenters. The molecular formula is C13H12F3NO4. The van der Waals surface area contributed by atoms with Gasteiger partial charge in [0.05, 0.1) is 0 Å². The second kappa shape index (κ2) is 7.32. The van der Waals surface area contributed by atoms with Crippen LogP contribution in [0.5, 0.6) is 5.75 Å². The predicted octanol–water partition coefficient (Wildman–Crippen LogP) is 1.84. The first-order valence-electron chi connectivity index (χ1n) is 5.73. The van der Waals surface area contributed by atoms with Crippen molar-refractivity contribution < 1.29 is 32.6 Å². The van der Waals surface area contributed by atoms with Crippen molar-refractivity contribution in [2.24, 2.45) is 0 Å². The SMILES string of the molecule is O=C(O)C=Cc1ccc(OCC(=O)NCC(F)(F)F)cc1. The van der Waals surface area contributed by atoms with E-state index in [9.17, 15) is 22.8 Å². The molecule has 0 saturated carbocycles. The highest BCUT2D eigenvalue weighted by molar-refractivity contribution is 5.85. The van der Waals surface area contributed by atoms with Gasteiger partial charge in [0.25, 0.3) is 5.91 Å². The van der Waals surface area contributed by atoms with Crippen LogP contribution in [0.1, 0.15) is 5.56 Å². The number of hydrogen-bond donors (Lipinski definition) is 2. The number of benzene rings is 1. The molecule has 1 amide bonds. The van der Waals surface area contributed by atoms with Crippen molar-refractivity contribution in [3.8, 4) is 5.75 Å². The van der Waals surface area contributed by atoms with E-state index in [1.807, 2.05) is 0 Å². The van der Waals surface area contributed by atoms with Crippen molar-refractivity contribution in [2.75, 3.05) is 13.2 Å². The summed E-state index contributed by atoms with van der Waals surface area (Å²) < 4.78 is 40.5. The molecule has 0 aliphatic heterocycles. The van der Waals surface area contributed by atoms with Crippen molar-refractivity contribution in [3.05, 3.63) is 35.9 Å². The summed E-state index contributed by atoms with van der Waals surface area (Å²) in [7, 11) is 0. The second-order valence-electron chi connectivity index (χ2n) is 3.92. The van der Waals surface area contributed by atoms with Crippen molar-refractivity contribution in [2.45, 2.75) is 6.18 Å². The van der Waals surface area contributed by atoms with Gasteiger partial charge in [0.1, 0.15) is 12.3 Å². The Morgan fingerprint density at radius 1 is 1.24 bits per heavy atom. The van der Waals surface area contributed by atoms with E-state index in [1.54, 1.807) is 17.4 Å². The zero-order valence-corrected chi connectivity index (χ0v) is 10.7. The Kier molecular flexibility index (Phi) is 5.77. The standard InChI is InChI=1S/C13H12F3NO4/c14-13(15,16)8-17-11(18)7-21-10-4-1-9(2-5-10)3-6-12(19)20/h1-6H,7-8H2,(H,17,18)(H,19,20). The molecule has 1 aromatic rings. The molecule has 0 bridgehead atoms. The Hall–Kier alpha value is -2.51. The highest BCUT2D eigenvalue weighted by Crippen LogP contribution is 2.14. The first kappa shape index (κ1) is 16.5. The van der Waals surface area contributed by atoms with Crippen LogP contribution in [0.25, 0.3) is 6.08 Å². The quantitative estimate of drug-likeness (QED) is 0.786. The van der Waals surface area contributed by atoms with E-state index < -0.39 is 31.2 Å². The third-order valence-corrected chi connectivity index (χ3v) is 2.15. The Balaban J connectivity index is 2.42. The molecule has 114 valence electrons. The fourth-order valence-electron chi connectivity index (χ4n) is 1.24. The number of ether oxygens (including phenoxy) is 1. The average molecular weight is 303 g/mol. The Morgan fingerprint density at radius 3 is 2.38 bits per heavy atom. The molecule has 0 aliphatic carbocycles. The number of hydrogen-bond acceptors (Lipinski definition) is 3. The molecule has 0 heterocycles. The Morgan fingerprint density at radius 2 is 1.86 bits per heavy atom. The lowest BCUT2D eigenvalue weighted by molar-refractivity contribution is -0.139. The number of nitrogens with one attached hydrogen (secondary N) is 1.